The van der Waals surface area contributed by atoms with Crippen molar-refractivity contribution in [3.8, 4) is 0 Å². The van der Waals surface area contributed by atoms with E-state index in [-0.39, 0.29) is 18.1 Å². The third-order valence-electron chi connectivity index (χ3n) is 5.20. The molecule has 1 aromatic heterocycles. The zero-order valence-corrected chi connectivity index (χ0v) is 15.2. The minimum Gasteiger partial charge on any atom is -0.379 e. The first kappa shape index (κ1) is 18.2. The maximum absolute atomic E-state index is 12.3. The van der Waals surface area contributed by atoms with E-state index in [0.29, 0.717) is 12.5 Å². The molecule has 1 aromatic rings. The summed E-state index contributed by atoms with van der Waals surface area (Å²) in [6.45, 7) is 7.50. The van der Waals surface area contributed by atoms with E-state index >= 15 is 0 Å². The van der Waals surface area contributed by atoms with Crippen molar-refractivity contribution in [2.45, 2.75) is 44.7 Å². The Kier molecular flexibility index (Phi) is 6.69. The molecule has 0 bridgehead atoms. The van der Waals surface area contributed by atoms with Gasteiger partial charge in [0.15, 0.2) is 0 Å². The quantitative estimate of drug-likeness (QED) is 0.819. The minimum absolute atomic E-state index is 0.0575. The van der Waals surface area contributed by atoms with Gasteiger partial charge >= 0.3 is 6.03 Å². The number of ether oxygens (including phenoxy) is 1. The second-order valence-corrected chi connectivity index (χ2v) is 7.32. The van der Waals surface area contributed by atoms with Crippen molar-refractivity contribution in [2.24, 2.45) is 5.92 Å². The smallest absolute Gasteiger partial charge is 0.315 e. The summed E-state index contributed by atoms with van der Waals surface area (Å²) in [6, 6.07) is 2.31. The first-order valence-corrected chi connectivity index (χ1v) is 9.56. The molecular formula is C18H31N5O2. The molecule has 2 aliphatic rings. The zero-order valence-electron chi connectivity index (χ0n) is 15.2. The molecule has 1 aliphatic heterocycles. The van der Waals surface area contributed by atoms with E-state index in [4.69, 9.17) is 4.74 Å². The van der Waals surface area contributed by atoms with Gasteiger partial charge < -0.3 is 15.4 Å². The van der Waals surface area contributed by atoms with Crippen LogP contribution in [0.25, 0.3) is 0 Å². The summed E-state index contributed by atoms with van der Waals surface area (Å²) >= 11 is 0. The molecule has 7 heteroatoms. The maximum atomic E-state index is 12.3. The minimum atomic E-state index is -0.0575. The summed E-state index contributed by atoms with van der Waals surface area (Å²) in [5.74, 6) is 0.428. The number of nitrogens with zero attached hydrogens (tertiary/aromatic N) is 3. The van der Waals surface area contributed by atoms with E-state index in [1.54, 1.807) is 6.20 Å². The normalized spacial score (nSPS) is 26.1. The second-order valence-electron chi connectivity index (χ2n) is 7.32. The second kappa shape index (κ2) is 9.20. The summed E-state index contributed by atoms with van der Waals surface area (Å²) in [4.78, 5) is 14.7. The number of aromatic nitrogens is 2. The third-order valence-corrected chi connectivity index (χ3v) is 5.20. The first-order chi connectivity index (χ1) is 12.2. The Bertz CT molecular complexity index is 516. The molecule has 2 fully saturated rings. The summed E-state index contributed by atoms with van der Waals surface area (Å²) in [5, 5.41) is 10.6. The number of nitrogens with one attached hydrogen (secondary N) is 2. The van der Waals surface area contributed by atoms with E-state index in [2.05, 4.69) is 27.6 Å². The SMILES string of the molecule is C[C@H](CNC(=O)N[C@@H]1CCCC[C@H]1n1cccn1)CN1CCOCC1. The van der Waals surface area contributed by atoms with Gasteiger partial charge in [-0.15, -0.1) is 0 Å². The van der Waals surface area contributed by atoms with Crippen LogP contribution >= 0.6 is 0 Å². The number of carbonyl (C=O) groups is 1. The Morgan fingerprint density at radius 2 is 2.12 bits per heavy atom. The highest BCUT2D eigenvalue weighted by Crippen LogP contribution is 2.27. The van der Waals surface area contributed by atoms with Crippen LogP contribution in [0, 0.1) is 5.92 Å². The van der Waals surface area contributed by atoms with Crippen molar-refractivity contribution in [1.29, 1.82) is 0 Å². The van der Waals surface area contributed by atoms with Gasteiger partial charge in [0.2, 0.25) is 0 Å². The molecule has 2 amide bonds. The monoisotopic (exact) mass is 349 g/mol. The lowest BCUT2D eigenvalue weighted by Gasteiger charge is -2.32. The first-order valence-electron chi connectivity index (χ1n) is 9.56. The van der Waals surface area contributed by atoms with Gasteiger partial charge in [-0.1, -0.05) is 19.8 Å². The predicted octanol–water partition coefficient (Wildman–Crippen LogP) is 1.63. The molecule has 3 atom stereocenters. The van der Waals surface area contributed by atoms with E-state index in [1.165, 1.54) is 6.42 Å². The topological polar surface area (TPSA) is 71.4 Å². The number of carbonyl (C=O) groups excluding carboxylic acids is 1. The summed E-state index contributed by atoms with van der Waals surface area (Å²) in [6.07, 6.45) is 8.24. The molecule has 140 valence electrons. The van der Waals surface area contributed by atoms with Crippen LogP contribution in [0.3, 0.4) is 0 Å². The van der Waals surface area contributed by atoms with Gasteiger partial charge in [-0.3, -0.25) is 9.58 Å². The molecule has 2 heterocycles. The number of morpholine rings is 1. The fourth-order valence-corrected chi connectivity index (χ4v) is 3.85. The van der Waals surface area contributed by atoms with Crippen molar-refractivity contribution in [3.05, 3.63) is 18.5 Å². The molecule has 7 nitrogen and oxygen atoms in total. The third kappa shape index (κ3) is 5.44. The van der Waals surface area contributed by atoms with Gasteiger partial charge in [-0.2, -0.15) is 5.10 Å². The van der Waals surface area contributed by atoms with Crippen LogP contribution in [0.4, 0.5) is 4.79 Å². The lowest BCUT2D eigenvalue weighted by molar-refractivity contribution is 0.0319. The standard InChI is InChI=1S/C18H31N5O2/c1-15(14-22-9-11-25-12-10-22)13-19-18(24)21-16-5-2-3-6-17(16)23-8-4-7-20-23/h4,7-8,15-17H,2-3,5-6,9-14H2,1H3,(H2,19,21,24)/t15-,16-,17-/m1/s1. The molecule has 0 aromatic carbocycles. The van der Waals surface area contributed by atoms with Crippen LogP contribution in [-0.2, 0) is 4.74 Å². The van der Waals surface area contributed by atoms with Crippen LogP contribution in [0.2, 0.25) is 0 Å². The molecular weight excluding hydrogens is 318 g/mol. The molecule has 3 rings (SSSR count). The van der Waals surface area contributed by atoms with Gasteiger partial charge in [-0.05, 0) is 24.8 Å². The number of hydrogen-bond donors (Lipinski definition) is 2. The zero-order chi connectivity index (χ0) is 17.5. The van der Waals surface area contributed by atoms with Gasteiger partial charge in [-0.25, -0.2) is 4.79 Å². The van der Waals surface area contributed by atoms with E-state index in [9.17, 15) is 4.79 Å². The van der Waals surface area contributed by atoms with Crippen LogP contribution < -0.4 is 10.6 Å². The lowest BCUT2D eigenvalue weighted by atomic mass is 9.90. The van der Waals surface area contributed by atoms with Crippen LogP contribution in [-0.4, -0.2) is 66.1 Å². The van der Waals surface area contributed by atoms with E-state index < -0.39 is 0 Å². The molecule has 0 unspecified atom stereocenters. The number of rotatable bonds is 6. The molecule has 25 heavy (non-hydrogen) atoms. The van der Waals surface area contributed by atoms with Crippen LogP contribution in [0.5, 0.6) is 0 Å². The molecule has 2 N–H and O–H groups in total. The molecule has 1 aliphatic carbocycles. The van der Waals surface area contributed by atoms with E-state index in [1.807, 2.05) is 16.9 Å². The van der Waals surface area contributed by atoms with Gasteiger partial charge in [0.1, 0.15) is 0 Å². The number of urea groups is 1. The fourth-order valence-electron chi connectivity index (χ4n) is 3.85. The highest BCUT2D eigenvalue weighted by molar-refractivity contribution is 5.74. The van der Waals surface area contributed by atoms with Gasteiger partial charge in [0, 0.05) is 38.6 Å². The summed E-state index contributed by atoms with van der Waals surface area (Å²) in [7, 11) is 0. The number of hydrogen-bond acceptors (Lipinski definition) is 4. The Labute approximate surface area is 150 Å². The van der Waals surface area contributed by atoms with E-state index in [0.717, 1.165) is 52.1 Å². The van der Waals surface area contributed by atoms with Gasteiger partial charge in [0.25, 0.3) is 0 Å². The summed E-state index contributed by atoms with van der Waals surface area (Å²) < 4.78 is 7.37. The Balaban J connectivity index is 1.41. The van der Waals surface area contributed by atoms with Gasteiger partial charge in [0.05, 0.1) is 25.3 Å². The molecule has 1 saturated carbocycles. The van der Waals surface area contributed by atoms with Crippen molar-refractivity contribution >= 4 is 6.03 Å². The summed E-state index contributed by atoms with van der Waals surface area (Å²) in [5.41, 5.74) is 0. The Morgan fingerprint density at radius 1 is 1.32 bits per heavy atom. The number of amides is 2. The lowest BCUT2D eigenvalue weighted by Crippen LogP contribution is -2.49. The largest absolute Gasteiger partial charge is 0.379 e. The average molecular weight is 349 g/mol. The molecule has 1 saturated heterocycles. The predicted molar refractivity (Wildman–Crippen MR) is 96.5 cm³/mol. The Hall–Kier alpha value is -1.60. The van der Waals surface area contributed by atoms with Crippen LogP contribution in [0.1, 0.15) is 38.6 Å². The highest BCUT2D eigenvalue weighted by Gasteiger charge is 2.28. The average Bonchev–Trinajstić information content (AvgIpc) is 3.16. The molecule has 0 spiro atoms. The maximum Gasteiger partial charge on any atom is 0.315 e. The molecule has 0 radical (unpaired) electrons. The van der Waals surface area contributed by atoms with Crippen molar-refractivity contribution < 1.29 is 9.53 Å². The van der Waals surface area contributed by atoms with Crippen LogP contribution in [0.15, 0.2) is 18.5 Å². The van der Waals surface area contributed by atoms with Crippen molar-refractivity contribution in [2.75, 3.05) is 39.4 Å². The Morgan fingerprint density at radius 3 is 2.88 bits per heavy atom. The highest BCUT2D eigenvalue weighted by atomic mass is 16.5. The van der Waals surface area contributed by atoms with Crippen molar-refractivity contribution in [1.82, 2.24) is 25.3 Å². The van der Waals surface area contributed by atoms with Crippen molar-refractivity contribution in [3.63, 3.8) is 0 Å². The fraction of sp³-hybridized carbons (Fsp3) is 0.778.